The lowest BCUT2D eigenvalue weighted by Gasteiger charge is -2.04. The summed E-state index contributed by atoms with van der Waals surface area (Å²) in [5.74, 6) is 0.732. The normalized spacial score (nSPS) is 15.1. The van der Waals surface area contributed by atoms with E-state index in [2.05, 4.69) is 47.0 Å². The summed E-state index contributed by atoms with van der Waals surface area (Å²) < 4.78 is 2.97. The van der Waals surface area contributed by atoms with Crippen LogP contribution in [0.3, 0.4) is 0 Å². The first-order chi connectivity index (χ1) is 8.22. The Morgan fingerprint density at radius 3 is 2.65 bits per heavy atom. The smallest absolute Gasteiger partial charge is 0.122 e. The summed E-state index contributed by atoms with van der Waals surface area (Å²) in [5.41, 5.74) is 3.89. The number of aromatic amines is 1. The average Bonchev–Trinajstić information content (AvgIpc) is 3.09. The Morgan fingerprint density at radius 1 is 1.29 bits per heavy atom. The maximum atomic E-state index is 5.38. The van der Waals surface area contributed by atoms with Crippen molar-refractivity contribution in [3.05, 3.63) is 51.8 Å². The van der Waals surface area contributed by atoms with E-state index in [9.17, 15) is 0 Å². The zero-order valence-corrected chi connectivity index (χ0v) is 10.8. The van der Waals surface area contributed by atoms with E-state index in [4.69, 9.17) is 12.2 Å². The van der Waals surface area contributed by atoms with Gasteiger partial charge >= 0.3 is 0 Å². The van der Waals surface area contributed by atoms with Gasteiger partial charge in [0.15, 0.2) is 0 Å². The van der Waals surface area contributed by atoms with Crippen LogP contribution < -0.4 is 0 Å². The number of aromatic nitrogens is 2. The summed E-state index contributed by atoms with van der Waals surface area (Å²) in [6.45, 7) is 2.95. The first kappa shape index (κ1) is 10.8. The molecule has 88 valence electrons. The van der Waals surface area contributed by atoms with Crippen molar-refractivity contribution in [2.75, 3.05) is 0 Å². The summed E-state index contributed by atoms with van der Waals surface area (Å²) in [6.07, 6.45) is 2.61. The van der Waals surface area contributed by atoms with Crippen LogP contribution in [0.1, 0.15) is 35.6 Å². The van der Waals surface area contributed by atoms with E-state index in [-0.39, 0.29) is 0 Å². The molecule has 1 N–H and O–H groups in total. The molecule has 1 aromatic carbocycles. The monoisotopic (exact) mass is 244 g/mol. The van der Waals surface area contributed by atoms with Gasteiger partial charge < -0.3 is 5.10 Å². The highest BCUT2D eigenvalue weighted by Crippen LogP contribution is 2.39. The lowest BCUT2D eigenvalue weighted by molar-refractivity contribution is 0.664. The number of nitrogens with zero attached hydrogens (tertiary/aromatic N) is 1. The first-order valence-corrected chi connectivity index (χ1v) is 6.48. The second-order valence-electron chi connectivity index (χ2n) is 4.90. The van der Waals surface area contributed by atoms with E-state index >= 15 is 0 Å². The van der Waals surface area contributed by atoms with E-state index in [1.165, 1.54) is 29.7 Å². The Hall–Kier alpha value is -1.35. The quantitative estimate of drug-likeness (QED) is 0.815. The van der Waals surface area contributed by atoms with Crippen molar-refractivity contribution >= 4 is 12.2 Å². The van der Waals surface area contributed by atoms with Gasteiger partial charge in [0, 0.05) is 11.6 Å². The Labute approximate surface area is 106 Å². The number of hydrogen-bond donors (Lipinski definition) is 1. The molecule has 0 amide bonds. The average molecular weight is 244 g/mol. The molecule has 0 unspecified atom stereocenters. The highest BCUT2D eigenvalue weighted by molar-refractivity contribution is 7.71. The third kappa shape index (κ3) is 2.34. The molecule has 1 saturated carbocycles. The molecule has 17 heavy (non-hydrogen) atoms. The van der Waals surface area contributed by atoms with Crippen molar-refractivity contribution < 1.29 is 0 Å². The van der Waals surface area contributed by atoms with Crippen LogP contribution in [-0.2, 0) is 6.54 Å². The fourth-order valence-corrected chi connectivity index (χ4v) is 2.29. The Morgan fingerprint density at radius 2 is 2.00 bits per heavy atom. The molecule has 3 rings (SSSR count). The summed E-state index contributed by atoms with van der Waals surface area (Å²) in [5, 5.41) is 3.42. The maximum absolute atomic E-state index is 5.38. The molecule has 0 aliphatic heterocycles. The summed E-state index contributed by atoms with van der Waals surface area (Å²) in [6, 6.07) is 10.7. The van der Waals surface area contributed by atoms with Gasteiger partial charge in [-0.05, 0) is 31.4 Å². The summed E-state index contributed by atoms with van der Waals surface area (Å²) in [7, 11) is 0. The van der Waals surface area contributed by atoms with E-state index in [0.29, 0.717) is 0 Å². The van der Waals surface area contributed by atoms with Crippen LogP contribution >= 0.6 is 12.2 Å². The number of hydrogen-bond acceptors (Lipinski definition) is 1. The summed E-state index contributed by atoms with van der Waals surface area (Å²) in [4.78, 5) is 0. The van der Waals surface area contributed by atoms with Gasteiger partial charge in [-0.1, -0.05) is 42.0 Å². The molecule has 3 heteroatoms. The molecule has 1 heterocycles. The zero-order chi connectivity index (χ0) is 11.8. The van der Waals surface area contributed by atoms with E-state index in [1.54, 1.807) is 0 Å². The molecule has 0 spiro atoms. The van der Waals surface area contributed by atoms with Crippen molar-refractivity contribution in [3.63, 3.8) is 0 Å². The van der Waals surface area contributed by atoms with Gasteiger partial charge in [-0.2, -0.15) is 0 Å². The molecule has 2 aromatic rings. The van der Waals surface area contributed by atoms with Crippen molar-refractivity contribution in [1.82, 2.24) is 9.78 Å². The van der Waals surface area contributed by atoms with Crippen LogP contribution in [0.4, 0.5) is 0 Å². The fraction of sp³-hybridized carbons (Fsp3) is 0.357. The topological polar surface area (TPSA) is 20.7 Å². The van der Waals surface area contributed by atoms with E-state index < -0.39 is 0 Å². The van der Waals surface area contributed by atoms with Crippen molar-refractivity contribution in [1.29, 1.82) is 0 Å². The van der Waals surface area contributed by atoms with Gasteiger partial charge in [0.05, 0.1) is 6.54 Å². The standard InChI is InChI=1S/C14H16N2S/c1-10-2-4-11(5-3-10)9-16-14(17)8-13(15-16)12-6-7-12/h2-5,8,12,15H,6-7,9H2,1H3. The van der Waals surface area contributed by atoms with Crippen LogP contribution in [0.15, 0.2) is 30.3 Å². The molecule has 0 radical (unpaired) electrons. The van der Waals surface area contributed by atoms with Crippen molar-refractivity contribution in [3.8, 4) is 0 Å². The van der Waals surface area contributed by atoms with Crippen LogP contribution in [0, 0.1) is 11.6 Å². The summed E-state index contributed by atoms with van der Waals surface area (Å²) >= 11 is 5.38. The highest BCUT2D eigenvalue weighted by Gasteiger charge is 2.25. The first-order valence-electron chi connectivity index (χ1n) is 6.08. The van der Waals surface area contributed by atoms with Crippen LogP contribution in [0.25, 0.3) is 0 Å². The molecular formula is C14H16N2S. The largest absolute Gasteiger partial charge is 0.301 e. The minimum Gasteiger partial charge on any atom is -0.301 e. The molecular weight excluding hydrogens is 228 g/mol. The fourth-order valence-electron chi connectivity index (χ4n) is 2.05. The predicted molar refractivity (Wildman–Crippen MR) is 71.9 cm³/mol. The van der Waals surface area contributed by atoms with Crippen LogP contribution in [0.5, 0.6) is 0 Å². The number of nitrogens with one attached hydrogen (secondary N) is 1. The third-order valence-corrected chi connectivity index (χ3v) is 3.63. The van der Waals surface area contributed by atoms with Gasteiger partial charge in [0.1, 0.15) is 4.64 Å². The highest BCUT2D eigenvalue weighted by atomic mass is 32.1. The lowest BCUT2D eigenvalue weighted by atomic mass is 10.1. The van der Waals surface area contributed by atoms with E-state index in [0.717, 1.165) is 17.1 Å². The van der Waals surface area contributed by atoms with Crippen molar-refractivity contribution in [2.45, 2.75) is 32.2 Å². The van der Waals surface area contributed by atoms with Gasteiger partial charge in [0.25, 0.3) is 0 Å². The predicted octanol–water partition coefficient (Wildman–Crippen LogP) is 3.78. The van der Waals surface area contributed by atoms with Gasteiger partial charge in [-0.15, -0.1) is 0 Å². The number of H-pyrrole nitrogens is 1. The Bertz CT molecular complexity index is 573. The second-order valence-corrected chi connectivity index (χ2v) is 5.31. The van der Waals surface area contributed by atoms with E-state index in [1.807, 2.05) is 0 Å². The molecule has 0 atom stereocenters. The Balaban J connectivity index is 1.84. The number of rotatable bonds is 3. The van der Waals surface area contributed by atoms with Gasteiger partial charge in [-0.3, -0.25) is 4.68 Å². The molecule has 0 bridgehead atoms. The van der Waals surface area contributed by atoms with Crippen LogP contribution in [0.2, 0.25) is 0 Å². The van der Waals surface area contributed by atoms with Crippen LogP contribution in [-0.4, -0.2) is 9.78 Å². The minimum atomic E-state index is 0.732. The second kappa shape index (κ2) is 4.15. The number of benzene rings is 1. The molecule has 1 aliphatic carbocycles. The van der Waals surface area contributed by atoms with Gasteiger partial charge in [-0.25, -0.2) is 0 Å². The maximum Gasteiger partial charge on any atom is 0.122 e. The van der Waals surface area contributed by atoms with Crippen molar-refractivity contribution in [2.24, 2.45) is 0 Å². The SMILES string of the molecule is Cc1ccc(Cn2[nH]c(C3CC3)cc2=S)cc1. The number of aryl methyl sites for hydroxylation is 1. The molecule has 0 saturated heterocycles. The molecule has 2 nitrogen and oxygen atoms in total. The zero-order valence-electron chi connectivity index (χ0n) is 9.94. The molecule has 1 fully saturated rings. The molecule has 1 aliphatic rings. The minimum absolute atomic E-state index is 0.732. The van der Waals surface area contributed by atoms with Gasteiger partial charge in [0.2, 0.25) is 0 Å². The lowest BCUT2D eigenvalue weighted by Crippen LogP contribution is -2.02. The Kier molecular flexibility index (Phi) is 2.63. The molecule has 1 aromatic heterocycles. The third-order valence-electron chi connectivity index (χ3n) is 3.29.